The smallest absolute Gasteiger partial charge is 0.271 e. The lowest BCUT2D eigenvalue weighted by molar-refractivity contribution is -0.384. The first kappa shape index (κ1) is 15.5. The van der Waals surface area contributed by atoms with Crippen LogP contribution in [0.2, 0.25) is 0 Å². The van der Waals surface area contributed by atoms with Gasteiger partial charge >= 0.3 is 0 Å². The van der Waals surface area contributed by atoms with Gasteiger partial charge in [0.2, 0.25) is 0 Å². The van der Waals surface area contributed by atoms with E-state index in [0.29, 0.717) is 10.0 Å². The predicted molar refractivity (Wildman–Crippen MR) is 82.8 cm³/mol. The van der Waals surface area contributed by atoms with Crippen LogP contribution in [0.3, 0.4) is 0 Å². The zero-order chi connectivity index (χ0) is 15.6. The van der Waals surface area contributed by atoms with Crippen molar-refractivity contribution in [3.63, 3.8) is 0 Å². The second-order valence-corrected chi connectivity index (χ2v) is 6.92. The Morgan fingerprint density at radius 2 is 1.90 bits per heavy atom. The first-order valence-electron chi connectivity index (χ1n) is 5.83. The minimum atomic E-state index is -3.80. The third-order valence-electron chi connectivity index (χ3n) is 2.78. The number of benzene rings is 2. The van der Waals surface area contributed by atoms with Crippen LogP contribution < -0.4 is 4.72 Å². The third-order valence-corrected chi connectivity index (χ3v) is 4.64. The number of anilines is 1. The number of sulfonamides is 1. The second kappa shape index (κ2) is 5.82. The topological polar surface area (TPSA) is 89.3 Å². The molecule has 2 aromatic rings. The number of non-ortho nitro benzene ring substituents is 1. The van der Waals surface area contributed by atoms with Crippen LogP contribution in [0.1, 0.15) is 5.56 Å². The molecule has 2 aromatic carbocycles. The normalized spacial score (nSPS) is 11.1. The molecule has 0 radical (unpaired) electrons. The van der Waals surface area contributed by atoms with Crippen molar-refractivity contribution in [1.29, 1.82) is 0 Å². The molecule has 2 rings (SSSR count). The van der Waals surface area contributed by atoms with Crippen LogP contribution >= 0.6 is 15.9 Å². The van der Waals surface area contributed by atoms with Gasteiger partial charge in [-0.05, 0) is 30.7 Å². The average Bonchev–Trinajstić information content (AvgIpc) is 2.41. The Bertz CT molecular complexity index is 806. The standard InChI is InChI=1S/C13H11BrN2O4S/c1-9-5-6-11(16(17)18)8-13(9)15-21(19,20)12-4-2-3-10(14)7-12/h2-8,15H,1H3. The summed E-state index contributed by atoms with van der Waals surface area (Å²) >= 11 is 3.20. The molecule has 0 bridgehead atoms. The van der Waals surface area contributed by atoms with E-state index < -0.39 is 14.9 Å². The molecule has 21 heavy (non-hydrogen) atoms. The summed E-state index contributed by atoms with van der Waals surface area (Å²) in [5.41, 5.74) is 0.607. The molecular formula is C13H11BrN2O4S. The second-order valence-electron chi connectivity index (χ2n) is 4.32. The summed E-state index contributed by atoms with van der Waals surface area (Å²) < 4.78 is 27.6. The maximum absolute atomic E-state index is 12.3. The largest absolute Gasteiger partial charge is 0.279 e. The van der Waals surface area contributed by atoms with E-state index in [9.17, 15) is 18.5 Å². The lowest BCUT2D eigenvalue weighted by Gasteiger charge is -2.10. The number of aryl methyl sites for hydroxylation is 1. The zero-order valence-electron chi connectivity index (χ0n) is 10.9. The maximum Gasteiger partial charge on any atom is 0.271 e. The Morgan fingerprint density at radius 1 is 1.19 bits per heavy atom. The van der Waals surface area contributed by atoms with Crippen LogP contribution in [0, 0.1) is 17.0 Å². The van der Waals surface area contributed by atoms with E-state index in [0.717, 1.165) is 0 Å². The fourth-order valence-corrected chi connectivity index (χ4v) is 3.39. The van der Waals surface area contributed by atoms with Crippen molar-refractivity contribution in [2.45, 2.75) is 11.8 Å². The molecule has 0 heterocycles. The molecule has 0 saturated heterocycles. The van der Waals surface area contributed by atoms with Crippen LogP contribution in [0.5, 0.6) is 0 Å². The van der Waals surface area contributed by atoms with Crippen LogP contribution in [0.25, 0.3) is 0 Å². The monoisotopic (exact) mass is 370 g/mol. The summed E-state index contributed by atoms with van der Waals surface area (Å²) in [5.74, 6) is 0. The van der Waals surface area contributed by atoms with Crippen LogP contribution in [0.4, 0.5) is 11.4 Å². The highest BCUT2D eigenvalue weighted by molar-refractivity contribution is 9.10. The number of nitrogens with zero attached hydrogens (tertiary/aromatic N) is 1. The number of nitrogens with one attached hydrogen (secondary N) is 1. The quantitative estimate of drug-likeness (QED) is 0.658. The molecule has 0 atom stereocenters. The van der Waals surface area contributed by atoms with Crippen molar-refractivity contribution in [1.82, 2.24) is 0 Å². The van der Waals surface area contributed by atoms with Crippen molar-refractivity contribution in [3.8, 4) is 0 Å². The van der Waals surface area contributed by atoms with Gasteiger partial charge in [-0.1, -0.05) is 28.1 Å². The van der Waals surface area contributed by atoms with Gasteiger partial charge in [0.25, 0.3) is 15.7 Å². The Kier molecular flexibility index (Phi) is 4.29. The first-order valence-corrected chi connectivity index (χ1v) is 8.10. The van der Waals surface area contributed by atoms with Gasteiger partial charge in [0, 0.05) is 16.6 Å². The average molecular weight is 371 g/mol. The Morgan fingerprint density at radius 3 is 2.52 bits per heavy atom. The minimum absolute atomic E-state index is 0.0720. The maximum atomic E-state index is 12.3. The Hall–Kier alpha value is -1.93. The number of halogens is 1. The van der Waals surface area contributed by atoms with E-state index >= 15 is 0 Å². The number of rotatable bonds is 4. The lowest BCUT2D eigenvalue weighted by Crippen LogP contribution is -2.14. The summed E-state index contributed by atoms with van der Waals surface area (Å²) in [6.45, 7) is 1.67. The van der Waals surface area contributed by atoms with Gasteiger partial charge < -0.3 is 0 Å². The van der Waals surface area contributed by atoms with Gasteiger partial charge in [-0.3, -0.25) is 14.8 Å². The Balaban J connectivity index is 2.41. The number of hydrogen-bond acceptors (Lipinski definition) is 4. The van der Waals surface area contributed by atoms with Crippen molar-refractivity contribution in [2.75, 3.05) is 4.72 Å². The minimum Gasteiger partial charge on any atom is -0.279 e. The number of nitro groups is 1. The molecule has 8 heteroatoms. The molecule has 0 unspecified atom stereocenters. The highest BCUT2D eigenvalue weighted by atomic mass is 79.9. The van der Waals surface area contributed by atoms with E-state index in [4.69, 9.17) is 0 Å². The van der Waals surface area contributed by atoms with Crippen molar-refractivity contribution < 1.29 is 13.3 Å². The molecule has 1 N–H and O–H groups in total. The lowest BCUT2D eigenvalue weighted by atomic mass is 10.2. The van der Waals surface area contributed by atoms with Gasteiger partial charge in [-0.25, -0.2) is 8.42 Å². The van der Waals surface area contributed by atoms with Crippen molar-refractivity contribution >= 4 is 37.3 Å². The van der Waals surface area contributed by atoms with Gasteiger partial charge in [-0.2, -0.15) is 0 Å². The van der Waals surface area contributed by atoms with Gasteiger partial charge in [-0.15, -0.1) is 0 Å². The van der Waals surface area contributed by atoms with E-state index in [1.165, 1.54) is 30.3 Å². The highest BCUT2D eigenvalue weighted by Crippen LogP contribution is 2.25. The Labute approximate surface area is 130 Å². The fourth-order valence-electron chi connectivity index (χ4n) is 1.67. The van der Waals surface area contributed by atoms with E-state index in [1.54, 1.807) is 19.1 Å². The molecule has 0 amide bonds. The molecule has 110 valence electrons. The molecule has 0 aliphatic heterocycles. The molecule has 0 aromatic heterocycles. The highest BCUT2D eigenvalue weighted by Gasteiger charge is 2.17. The summed E-state index contributed by atoms with van der Waals surface area (Å²) in [4.78, 5) is 10.3. The van der Waals surface area contributed by atoms with Crippen LogP contribution in [-0.4, -0.2) is 13.3 Å². The first-order chi connectivity index (χ1) is 9.79. The molecule has 0 saturated carbocycles. The van der Waals surface area contributed by atoms with Gasteiger partial charge in [0.15, 0.2) is 0 Å². The number of nitro benzene ring substituents is 1. The number of hydrogen-bond donors (Lipinski definition) is 1. The zero-order valence-corrected chi connectivity index (χ0v) is 13.3. The summed E-state index contributed by atoms with van der Waals surface area (Å²) in [6, 6.07) is 10.2. The summed E-state index contributed by atoms with van der Waals surface area (Å²) in [7, 11) is -3.80. The fraction of sp³-hybridized carbons (Fsp3) is 0.0769. The van der Waals surface area contributed by atoms with Crippen molar-refractivity contribution in [2.24, 2.45) is 0 Å². The molecule has 0 fully saturated rings. The third kappa shape index (κ3) is 3.59. The summed E-state index contributed by atoms with van der Waals surface area (Å²) in [5, 5.41) is 10.8. The van der Waals surface area contributed by atoms with Gasteiger partial charge in [0.1, 0.15) is 0 Å². The van der Waals surface area contributed by atoms with Gasteiger partial charge in [0.05, 0.1) is 15.5 Å². The van der Waals surface area contributed by atoms with E-state index in [2.05, 4.69) is 20.7 Å². The molecule has 6 nitrogen and oxygen atoms in total. The molecular weight excluding hydrogens is 360 g/mol. The molecule has 0 aliphatic carbocycles. The SMILES string of the molecule is Cc1ccc([N+](=O)[O-])cc1NS(=O)(=O)c1cccc(Br)c1. The van der Waals surface area contributed by atoms with Crippen LogP contribution in [0.15, 0.2) is 51.8 Å². The molecule has 0 spiro atoms. The predicted octanol–water partition coefficient (Wildman–Crippen LogP) is 3.47. The molecule has 0 aliphatic rings. The van der Waals surface area contributed by atoms with Crippen LogP contribution in [-0.2, 0) is 10.0 Å². The van der Waals surface area contributed by atoms with E-state index in [-0.39, 0.29) is 16.3 Å². The van der Waals surface area contributed by atoms with Crippen molar-refractivity contribution in [3.05, 3.63) is 62.6 Å². The van der Waals surface area contributed by atoms with E-state index in [1.807, 2.05) is 0 Å². The summed E-state index contributed by atoms with van der Waals surface area (Å²) in [6.07, 6.45) is 0.